The number of rotatable bonds is 4. The molecule has 0 spiro atoms. The van der Waals surface area contributed by atoms with E-state index < -0.39 is 10.0 Å². The third-order valence-electron chi connectivity index (χ3n) is 4.77. The van der Waals surface area contributed by atoms with Crippen molar-refractivity contribution in [2.75, 3.05) is 18.0 Å². The first kappa shape index (κ1) is 18.0. The molecule has 0 amide bonds. The van der Waals surface area contributed by atoms with Crippen molar-refractivity contribution in [3.8, 4) is 23.1 Å². The standard InChI is InChI=1S/C21H17N3O3S/c1-27-18-5-8-20(23-14-18)16-4-9-21-17(12-16)10-11-24(21)28(25,26)19-6-2-15(13-22)3-7-19/h2-9,12,14H,10-11H2,1H3. The number of ether oxygens (including phenoxy) is 1. The second kappa shape index (κ2) is 6.98. The van der Waals surface area contributed by atoms with Crippen molar-refractivity contribution in [2.45, 2.75) is 11.3 Å². The molecule has 1 aliphatic rings. The van der Waals surface area contributed by atoms with Crippen LogP contribution >= 0.6 is 0 Å². The Morgan fingerprint density at radius 2 is 1.89 bits per heavy atom. The smallest absolute Gasteiger partial charge is 0.264 e. The van der Waals surface area contributed by atoms with Crippen molar-refractivity contribution in [1.29, 1.82) is 5.26 Å². The molecule has 6 nitrogen and oxygen atoms in total. The summed E-state index contributed by atoms with van der Waals surface area (Å²) in [6, 6.07) is 17.4. The van der Waals surface area contributed by atoms with Gasteiger partial charge in [-0.15, -0.1) is 0 Å². The molecule has 0 saturated heterocycles. The van der Waals surface area contributed by atoms with Gasteiger partial charge in [0.2, 0.25) is 0 Å². The molecule has 0 unspecified atom stereocenters. The molecular weight excluding hydrogens is 374 g/mol. The van der Waals surface area contributed by atoms with Gasteiger partial charge in [0.25, 0.3) is 10.0 Å². The lowest BCUT2D eigenvalue weighted by Gasteiger charge is -2.19. The molecule has 0 fully saturated rings. The number of aromatic nitrogens is 1. The van der Waals surface area contributed by atoms with Crippen molar-refractivity contribution in [3.63, 3.8) is 0 Å². The fraction of sp³-hybridized carbons (Fsp3) is 0.143. The van der Waals surface area contributed by atoms with E-state index in [4.69, 9.17) is 10.00 Å². The molecule has 1 aliphatic heterocycles. The number of sulfonamides is 1. The number of nitrogens with zero attached hydrogens (tertiary/aromatic N) is 3. The Kier molecular flexibility index (Phi) is 4.49. The highest BCUT2D eigenvalue weighted by Crippen LogP contribution is 2.35. The van der Waals surface area contributed by atoms with Crippen LogP contribution in [0.2, 0.25) is 0 Å². The van der Waals surface area contributed by atoms with Gasteiger partial charge in [-0.1, -0.05) is 6.07 Å². The van der Waals surface area contributed by atoms with Crippen LogP contribution in [-0.2, 0) is 16.4 Å². The second-order valence-electron chi connectivity index (χ2n) is 6.39. The maximum atomic E-state index is 13.0. The third-order valence-corrected chi connectivity index (χ3v) is 6.60. The van der Waals surface area contributed by atoms with Crippen molar-refractivity contribution in [3.05, 3.63) is 71.9 Å². The van der Waals surface area contributed by atoms with Gasteiger partial charge in [-0.3, -0.25) is 9.29 Å². The lowest BCUT2D eigenvalue weighted by atomic mass is 10.1. The number of hydrogen-bond donors (Lipinski definition) is 0. The van der Waals surface area contributed by atoms with Crippen LogP contribution in [0.4, 0.5) is 5.69 Å². The summed E-state index contributed by atoms with van der Waals surface area (Å²) >= 11 is 0. The minimum Gasteiger partial charge on any atom is -0.495 e. The minimum atomic E-state index is -3.67. The van der Waals surface area contributed by atoms with Gasteiger partial charge in [0.05, 0.1) is 41.2 Å². The maximum Gasteiger partial charge on any atom is 0.264 e. The largest absolute Gasteiger partial charge is 0.495 e. The van der Waals surface area contributed by atoms with E-state index in [2.05, 4.69) is 4.98 Å². The molecule has 1 aromatic heterocycles. The van der Waals surface area contributed by atoms with Crippen LogP contribution in [0.5, 0.6) is 5.75 Å². The molecule has 140 valence electrons. The Morgan fingerprint density at radius 1 is 1.11 bits per heavy atom. The van der Waals surface area contributed by atoms with E-state index in [0.29, 0.717) is 30.0 Å². The van der Waals surface area contributed by atoms with Crippen LogP contribution in [0, 0.1) is 11.3 Å². The van der Waals surface area contributed by atoms with Crippen LogP contribution in [0.1, 0.15) is 11.1 Å². The van der Waals surface area contributed by atoms with Crippen LogP contribution < -0.4 is 9.04 Å². The van der Waals surface area contributed by atoms with Gasteiger partial charge in [0.15, 0.2) is 0 Å². The number of benzene rings is 2. The summed E-state index contributed by atoms with van der Waals surface area (Å²) in [5.41, 5.74) is 3.81. The summed E-state index contributed by atoms with van der Waals surface area (Å²) in [7, 11) is -2.08. The Bertz CT molecular complexity index is 1170. The molecule has 0 aliphatic carbocycles. The van der Waals surface area contributed by atoms with E-state index >= 15 is 0 Å². The van der Waals surface area contributed by atoms with Crippen molar-refractivity contribution >= 4 is 15.7 Å². The number of fused-ring (bicyclic) bond motifs is 1. The van der Waals surface area contributed by atoms with Crippen LogP contribution in [0.25, 0.3) is 11.3 Å². The molecular formula is C21H17N3O3S. The highest BCUT2D eigenvalue weighted by molar-refractivity contribution is 7.92. The average Bonchev–Trinajstić information content (AvgIpc) is 3.18. The molecule has 4 rings (SSSR count). The van der Waals surface area contributed by atoms with E-state index in [1.165, 1.54) is 28.6 Å². The molecule has 2 aromatic carbocycles. The first-order valence-corrected chi connectivity index (χ1v) is 10.1. The molecule has 7 heteroatoms. The predicted octanol–water partition coefficient (Wildman–Crippen LogP) is 3.38. The van der Waals surface area contributed by atoms with E-state index in [0.717, 1.165) is 16.8 Å². The first-order valence-electron chi connectivity index (χ1n) is 8.69. The highest BCUT2D eigenvalue weighted by Gasteiger charge is 2.31. The van der Waals surface area contributed by atoms with E-state index in [1.807, 2.05) is 36.4 Å². The number of methoxy groups -OCH3 is 1. The molecule has 0 saturated carbocycles. The van der Waals surface area contributed by atoms with E-state index in [-0.39, 0.29) is 4.90 Å². The van der Waals surface area contributed by atoms with Crippen LogP contribution in [-0.4, -0.2) is 27.1 Å². The first-order chi connectivity index (χ1) is 13.5. The van der Waals surface area contributed by atoms with Gasteiger partial charge in [-0.05, 0) is 60.5 Å². The highest BCUT2D eigenvalue weighted by atomic mass is 32.2. The predicted molar refractivity (Wildman–Crippen MR) is 106 cm³/mol. The number of pyridine rings is 1. The lowest BCUT2D eigenvalue weighted by Crippen LogP contribution is -2.29. The van der Waals surface area contributed by atoms with Crippen molar-refractivity contribution in [1.82, 2.24) is 4.98 Å². The van der Waals surface area contributed by atoms with Gasteiger partial charge in [0, 0.05) is 12.1 Å². The third kappa shape index (κ3) is 3.08. The summed E-state index contributed by atoms with van der Waals surface area (Å²) in [4.78, 5) is 4.57. The SMILES string of the molecule is COc1ccc(-c2ccc3c(c2)CCN3S(=O)(=O)c2ccc(C#N)cc2)nc1. The van der Waals surface area contributed by atoms with Gasteiger partial charge >= 0.3 is 0 Å². The topological polar surface area (TPSA) is 83.3 Å². The lowest BCUT2D eigenvalue weighted by molar-refractivity contribution is 0.413. The molecule has 0 bridgehead atoms. The minimum absolute atomic E-state index is 0.181. The molecule has 28 heavy (non-hydrogen) atoms. The van der Waals surface area contributed by atoms with Crippen molar-refractivity contribution < 1.29 is 13.2 Å². The summed E-state index contributed by atoms with van der Waals surface area (Å²) in [5, 5.41) is 8.90. The Morgan fingerprint density at radius 3 is 2.54 bits per heavy atom. The molecule has 0 N–H and O–H groups in total. The van der Waals surface area contributed by atoms with E-state index in [9.17, 15) is 8.42 Å². The van der Waals surface area contributed by atoms with Crippen molar-refractivity contribution in [2.24, 2.45) is 0 Å². The zero-order valence-corrected chi connectivity index (χ0v) is 16.0. The quantitative estimate of drug-likeness (QED) is 0.681. The average molecular weight is 391 g/mol. The Balaban J connectivity index is 1.66. The second-order valence-corrected chi connectivity index (χ2v) is 8.25. The summed E-state index contributed by atoms with van der Waals surface area (Å²) in [6.45, 7) is 0.386. The molecule has 0 radical (unpaired) electrons. The Labute approximate surface area is 163 Å². The zero-order chi connectivity index (χ0) is 19.7. The number of nitriles is 1. The normalized spacial score (nSPS) is 13.1. The maximum absolute atomic E-state index is 13.0. The fourth-order valence-corrected chi connectivity index (χ4v) is 4.78. The Hall–Kier alpha value is -3.37. The zero-order valence-electron chi connectivity index (χ0n) is 15.2. The van der Waals surface area contributed by atoms with Gasteiger partial charge in [-0.25, -0.2) is 8.42 Å². The van der Waals surface area contributed by atoms with Crippen LogP contribution in [0.15, 0.2) is 65.7 Å². The fourth-order valence-electron chi connectivity index (χ4n) is 3.28. The summed E-state index contributed by atoms with van der Waals surface area (Å²) in [5.74, 6) is 0.685. The van der Waals surface area contributed by atoms with E-state index in [1.54, 1.807) is 13.3 Å². The number of hydrogen-bond acceptors (Lipinski definition) is 5. The summed E-state index contributed by atoms with van der Waals surface area (Å²) < 4.78 is 32.6. The molecule has 3 aromatic rings. The summed E-state index contributed by atoms with van der Waals surface area (Å²) in [6.07, 6.45) is 2.29. The number of anilines is 1. The molecule has 2 heterocycles. The van der Waals surface area contributed by atoms with Gasteiger partial charge in [-0.2, -0.15) is 5.26 Å². The monoisotopic (exact) mass is 391 g/mol. The molecule has 0 atom stereocenters. The van der Waals surface area contributed by atoms with Crippen LogP contribution in [0.3, 0.4) is 0 Å². The van der Waals surface area contributed by atoms with Gasteiger partial charge in [0.1, 0.15) is 5.75 Å². The van der Waals surface area contributed by atoms with Gasteiger partial charge < -0.3 is 4.74 Å².